The number of hydrogen-bond acceptors (Lipinski definition) is 9. The van der Waals surface area contributed by atoms with E-state index in [2.05, 4.69) is 15.5 Å². The number of non-ortho nitro benzene ring substituents is 1. The molecule has 0 saturated heterocycles. The minimum atomic E-state index is -0.440. The average molecular weight is 596 g/mol. The molecule has 0 radical (unpaired) electrons. The van der Waals surface area contributed by atoms with Crippen LogP contribution in [0.5, 0.6) is 17.2 Å². The van der Waals surface area contributed by atoms with Crippen LogP contribution in [0, 0.1) is 10.1 Å². The molecule has 4 aromatic carbocycles. The SMILES string of the molecule is COc1ccccc1-n1c(SCc2ccc(C(=O)NCc3ccc4c(c3)OCO4)cc2)nnc1-c1ccc([N+](=O)[O-])cc1. The molecule has 6 rings (SSSR count). The van der Waals surface area contributed by atoms with Crippen LogP contribution in [0.1, 0.15) is 21.5 Å². The largest absolute Gasteiger partial charge is 0.495 e. The van der Waals surface area contributed by atoms with Gasteiger partial charge in [0.05, 0.1) is 17.7 Å². The second-order valence-corrected chi connectivity index (χ2v) is 10.4. The van der Waals surface area contributed by atoms with Crippen molar-refractivity contribution in [3.63, 3.8) is 0 Å². The van der Waals surface area contributed by atoms with Crippen molar-refractivity contribution in [1.82, 2.24) is 20.1 Å². The van der Waals surface area contributed by atoms with E-state index < -0.39 is 4.92 Å². The van der Waals surface area contributed by atoms with Gasteiger partial charge in [-0.2, -0.15) is 0 Å². The molecule has 0 aliphatic carbocycles. The Kier molecular flexibility index (Phi) is 7.92. The standard InChI is InChI=1S/C31H25N5O6S/c1-40-26-5-3-2-4-25(26)35-29(22-11-13-24(14-12-22)36(38)39)33-34-31(35)43-18-20-6-9-23(10-7-20)30(37)32-17-21-8-15-27-28(16-21)42-19-41-27/h2-16H,17-19H2,1H3,(H,32,37). The van der Waals surface area contributed by atoms with Gasteiger partial charge in [-0.1, -0.05) is 42.1 Å². The van der Waals surface area contributed by atoms with Crippen molar-refractivity contribution in [3.05, 3.63) is 118 Å². The van der Waals surface area contributed by atoms with Crippen LogP contribution in [-0.2, 0) is 12.3 Å². The van der Waals surface area contributed by atoms with Gasteiger partial charge in [-0.3, -0.25) is 19.5 Å². The van der Waals surface area contributed by atoms with E-state index in [-0.39, 0.29) is 18.4 Å². The van der Waals surface area contributed by atoms with Gasteiger partial charge in [0, 0.05) is 35.6 Å². The van der Waals surface area contributed by atoms with Crippen LogP contribution >= 0.6 is 11.8 Å². The Labute approximate surface area is 250 Å². The van der Waals surface area contributed by atoms with E-state index in [4.69, 9.17) is 14.2 Å². The van der Waals surface area contributed by atoms with Crippen molar-refractivity contribution >= 4 is 23.4 Å². The first-order valence-corrected chi connectivity index (χ1v) is 14.2. The van der Waals surface area contributed by atoms with Crippen molar-refractivity contribution in [2.45, 2.75) is 17.5 Å². The number of fused-ring (bicyclic) bond motifs is 1. The fourth-order valence-corrected chi connectivity index (χ4v) is 5.45. The van der Waals surface area contributed by atoms with E-state index in [9.17, 15) is 14.9 Å². The molecular formula is C31H25N5O6S. The smallest absolute Gasteiger partial charge is 0.269 e. The van der Waals surface area contributed by atoms with Gasteiger partial charge in [0.1, 0.15) is 5.75 Å². The van der Waals surface area contributed by atoms with Crippen LogP contribution in [0.3, 0.4) is 0 Å². The van der Waals surface area contributed by atoms with Crippen molar-refractivity contribution in [3.8, 4) is 34.3 Å². The highest BCUT2D eigenvalue weighted by molar-refractivity contribution is 7.98. The molecule has 0 spiro atoms. The zero-order valence-electron chi connectivity index (χ0n) is 22.9. The number of carbonyl (C=O) groups is 1. The van der Waals surface area contributed by atoms with E-state index in [1.807, 2.05) is 59.2 Å². The molecule has 11 nitrogen and oxygen atoms in total. The Morgan fingerprint density at radius 1 is 0.977 bits per heavy atom. The molecule has 1 N–H and O–H groups in total. The number of nitro groups is 1. The first-order valence-electron chi connectivity index (χ1n) is 13.2. The lowest BCUT2D eigenvalue weighted by atomic mass is 10.1. The van der Waals surface area contributed by atoms with Gasteiger partial charge in [-0.05, 0) is 59.7 Å². The molecule has 0 saturated carbocycles. The molecule has 1 amide bonds. The van der Waals surface area contributed by atoms with Gasteiger partial charge >= 0.3 is 0 Å². The Balaban J connectivity index is 1.17. The Morgan fingerprint density at radius 3 is 2.49 bits per heavy atom. The van der Waals surface area contributed by atoms with Crippen molar-refractivity contribution < 1.29 is 23.9 Å². The molecule has 1 aliphatic rings. The maximum atomic E-state index is 12.8. The summed E-state index contributed by atoms with van der Waals surface area (Å²) in [5.74, 6) is 2.91. The average Bonchev–Trinajstić information content (AvgIpc) is 3.70. The fourth-order valence-electron chi connectivity index (χ4n) is 4.55. The molecule has 12 heteroatoms. The summed E-state index contributed by atoms with van der Waals surface area (Å²) in [6.45, 7) is 0.568. The summed E-state index contributed by atoms with van der Waals surface area (Å²) < 4.78 is 18.2. The van der Waals surface area contributed by atoms with Crippen molar-refractivity contribution in [2.75, 3.05) is 13.9 Å². The van der Waals surface area contributed by atoms with Crippen LogP contribution in [0.2, 0.25) is 0 Å². The maximum Gasteiger partial charge on any atom is 0.269 e. The third-order valence-corrected chi connectivity index (χ3v) is 7.77. The quantitative estimate of drug-likeness (QED) is 0.121. The third kappa shape index (κ3) is 5.99. The number of aromatic nitrogens is 3. The zero-order valence-corrected chi connectivity index (χ0v) is 23.7. The van der Waals surface area contributed by atoms with E-state index in [0.29, 0.717) is 51.7 Å². The van der Waals surface area contributed by atoms with Gasteiger partial charge in [0.15, 0.2) is 22.5 Å². The Bertz CT molecular complexity index is 1790. The van der Waals surface area contributed by atoms with Gasteiger partial charge in [0.25, 0.3) is 11.6 Å². The predicted molar refractivity (Wildman–Crippen MR) is 160 cm³/mol. The number of hydrogen-bond donors (Lipinski definition) is 1. The highest BCUT2D eigenvalue weighted by Crippen LogP contribution is 2.35. The number of methoxy groups -OCH3 is 1. The Morgan fingerprint density at radius 2 is 1.72 bits per heavy atom. The summed E-state index contributed by atoms with van der Waals surface area (Å²) in [6, 6.07) is 26.7. The van der Waals surface area contributed by atoms with Crippen LogP contribution in [0.25, 0.3) is 17.1 Å². The minimum Gasteiger partial charge on any atom is -0.495 e. The highest BCUT2D eigenvalue weighted by Gasteiger charge is 2.20. The van der Waals surface area contributed by atoms with Gasteiger partial charge in [0.2, 0.25) is 6.79 Å². The van der Waals surface area contributed by atoms with Crippen LogP contribution in [0.15, 0.2) is 96.2 Å². The molecule has 5 aromatic rings. The molecule has 0 atom stereocenters. The monoisotopic (exact) mass is 595 g/mol. The van der Waals surface area contributed by atoms with Crippen LogP contribution in [-0.4, -0.2) is 39.5 Å². The normalized spacial score (nSPS) is 11.7. The molecular weight excluding hydrogens is 570 g/mol. The number of thioether (sulfide) groups is 1. The predicted octanol–water partition coefficient (Wildman–Crippen LogP) is 5.80. The summed E-state index contributed by atoms with van der Waals surface area (Å²) in [4.78, 5) is 23.5. The van der Waals surface area contributed by atoms with Gasteiger partial charge in [-0.25, -0.2) is 0 Å². The molecule has 0 bridgehead atoms. The lowest BCUT2D eigenvalue weighted by molar-refractivity contribution is -0.384. The molecule has 216 valence electrons. The maximum absolute atomic E-state index is 12.8. The number of rotatable bonds is 10. The van der Waals surface area contributed by atoms with E-state index in [0.717, 1.165) is 16.8 Å². The molecule has 0 unspecified atom stereocenters. The number of nitro benzene ring substituents is 1. The Hall–Kier alpha value is -5.36. The summed E-state index contributed by atoms with van der Waals surface area (Å²) in [5, 5.41) is 23.6. The highest BCUT2D eigenvalue weighted by atomic mass is 32.2. The third-order valence-electron chi connectivity index (χ3n) is 6.77. The second-order valence-electron chi connectivity index (χ2n) is 9.47. The van der Waals surface area contributed by atoms with E-state index in [1.165, 1.54) is 23.9 Å². The lowest BCUT2D eigenvalue weighted by Crippen LogP contribution is -2.22. The van der Waals surface area contributed by atoms with E-state index in [1.54, 1.807) is 31.4 Å². The topological polar surface area (TPSA) is 131 Å². The van der Waals surface area contributed by atoms with Crippen LogP contribution in [0.4, 0.5) is 5.69 Å². The van der Waals surface area contributed by atoms with Crippen molar-refractivity contribution in [1.29, 1.82) is 0 Å². The lowest BCUT2D eigenvalue weighted by Gasteiger charge is -2.14. The molecule has 1 aromatic heterocycles. The number of amides is 1. The summed E-state index contributed by atoms with van der Waals surface area (Å²) in [5.41, 5.74) is 3.85. The second kappa shape index (κ2) is 12.2. The molecule has 1 aliphatic heterocycles. The minimum absolute atomic E-state index is 0.00762. The first-order chi connectivity index (χ1) is 21.0. The van der Waals surface area contributed by atoms with Gasteiger partial charge < -0.3 is 19.5 Å². The van der Waals surface area contributed by atoms with E-state index >= 15 is 0 Å². The number of carbonyl (C=O) groups excluding carboxylic acids is 1. The van der Waals surface area contributed by atoms with Crippen molar-refractivity contribution in [2.24, 2.45) is 0 Å². The zero-order chi connectivity index (χ0) is 29.8. The number of benzene rings is 4. The number of nitrogens with zero attached hydrogens (tertiary/aromatic N) is 4. The molecule has 2 heterocycles. The van der Waals surface area contributed by atoms with Crippen LogP contribution < -0.4 is 19.5 Å². The summed E-state index contributed by atoms with van der Waals surface area (Å²) in [7, 11) is 1.59. The number of nitrogens with one attached hydrogen (secondary N) is 1. The van der Waals surface area contributed by atoms with Gasteiger partial charge in [-0.15, -0.1) is 10.2 Å². The fraction of sp³-hybridized carbons (Fsp3) is 0.129. The summed E-state index contributed by atoms with van der Waals surface area (Å²) >= 11 is 1.47. The first kappa shape index (κ1) is 27.8. The molecule has 0 fully saturated rings. The number of ether oxygens (including phenoxy) is 3. The summed E-state index contributed by atoms with van der Waals surface area (Å²) in [6.07, 6.45) is 0. The number of para-hydroxylation sites is 2. The molecule has 43 heavy (non-hydrogen) atoms.